The molecule has 0 bridgehead atoms. The van der Waals surface area contributed by atoms with Crippen molar-refractivity contribution in [2.24, 2.45) is 0 Å². The van der Waals surface area contributed by atoms with E-state index in [1.807, 2.05) is 0 Å². The maximum absolute atomic E-state index is 6.45. The van der Waals surface area contributed by atoms with E-state index in [1.165, 1.54) is 16.7 Å². The number of rotatable bonds is 1. The second-order valence-corrected chi connectivity index (χ2v) is 5.13. The highest BCUT2D eigenvalue weighted by molar-refractivity contribution is 6.32. The van der Waals surface area contributed by atoms with Gasteiger partial charge in [0, 0.05) is 18.1 Å². The van der Waals surface area contributed by atoms with Crippen molar-refractivity contribution in [2.45, 2.75) is 32.7 Å². The van der Waals surface area contributed by atoms with E-state index in [-0.39, 0.29) is 0 Å². The van der Waals surface area contributed by atoms with E-state index in [0.29, 0.717) is 5.92 Å². The first kappa shape index (κ1) is 11.0. The summed E-state index contributed by atoms with van der Waals surface area (Å²) in [5.41, 5.74) is 4.07. The fourth-order valence-corrected chi connectivity index (χ4v) is 2.71. The summed E-state index contributed by atoms with van der Waals surface area (Å²) in [5, 5.41) is 1.01. The van der Waals surface area contributed by atoms with Crippen LogP contribution in [0.3, 0.4) is 0 Å². The Bertz CT molecular complexity index is 371. The molecule has 0 aliphatic carbocycles. The van der Waals surface area contributed by atoms with Crippen molar-refractivity contribution in [1.29, 1.82) is 0 Å². The Morgan fingerprint density at radius 2 is 2.07 bits per heavy atom. The van der Waals surface area contributed by atoms with Crippen LogP contribution in [0.25, 0.3) is 0 Å². The first-order valence-corrected chi connectivity index (χ1v) is 5.96. The summed E-state index contributed by atoms with van der Waals surface area (Å²) in [6.45, 7) is 6.55. The molecule has 1 aromatic carbocycles. The van der Waals surface area contributed by atoms with Crippen molar-refractivity contribution >= 4 is 11.6 Å². The molecule has 0 saturated carbocycles. The molecule has 0 aromatic heterocycles. The van der Waals surface area contributed by atoms with Crippen LogP contribution in [0.5, 0.6) is 0 Å². The van der Waals surface area contributed by atoms with Gasteiger partial charge in [0.2, 0.25) is 0 Å². The number of fused-ring (bicyclic) bond motifs is 1. The van der Waals surface area contributed by atoms with E-state index in [4.69, 9.17) is 11.6 Å². The number of halogens is 1. The molecule has 0 N–H and O–H groups in total. The molecule has 0 saturated heterocycles. The molecule has 0 fully saturated rings. The Balaban J connectivity index is 2.44. The first-order chi connectivity index (χ1) is 7.09. The van der Waals surface area contributed by atoms with E-state index in [2.05, 4.69) is 37.9 Å². The maximum atomic E-state index is 6.45. The van der Waals surface area contributed by atoms with Crippen LogP contribution in [-0.2, 0) is 13.0 Å². The Morgan fingerprint density at radius 1 is 1.33 bits per heavy atom. The van der Waals surface area contributed by atoms with Crippen molar-refractivity contribution < 1.29 is 0 Å². The number of likely N-dealkylation sites (N-methyl/N-ethyl adjacent to an activating group) is 1. The molecule has 0 spiro atoms. The predicted octanol–water partition coefficient (Wildman–Crippen LogP) is 3.45. The fourth-order valence-electron chi connectivity index (χ4n) is 2.22. The highest BCUT2D eigenvalue weighted by Crippen LogP contribution is 2.32. The van der Waals surface area contributed by atoms with Gasteiger partial charge in [-0.1, -0.05) is 37.6 Å². The molecule has 82 valence electrons. The minimum Gasteiger partial charge on any atom is -0.302 e. The van der Waals surface area contributed by atoms with E-state index < -0.39 is 0 Å². The fraction of sp³-hybridized carbons (Fsp3) is 0.538. The molecule has 15 heavy (non-hydrogen) atoms. The highest BCUT2D eigenvalue weighted by Gasteiger charge is 2.18. The van der Waals surface area contributed by atoms with E-state index in [1.54, 1.807) is 0 Å². The van der Waals surface area contributed by atoms with Crippen LogP contribution in [-0.4, -0.2) is 18.5 Å². The van der Waals surface area contributed by atoms with Crippen LogP contribution >= 0.6 is 11.6 Å². The van der Waals surface area contributed by atoms with Crippen molar-refractivity contribution in [2.75, 3.05) is 13.6 Å². The molecule has 1 aliphatic rings. The van der Waals surface area contributed by atoms with Crippen molar-refractivity contribution in [3.63, 3.8) is 0 Å². The van der Waals surface area contributed by atoms with Gasteiger partial charge in [0.05, 0.1) is 0 Å². The van der Waals surface area contributed by atoms with E-state index in [0.717, 1.165) is 24.5 Å². The topological polar surface area (TPSA) is 3.24 Å². The monoisotopic (exact) mass is 223 g/mol. The molecule has 0 atom stereocenters. The Labute approximate surface area is 97.0 Å². The van der Waals surface area contributed by atoms with Gasteiger partial charge in [-0.3, -0.25) is 0 Å². The maximum Gasteiger partial charge on any atom is 0.0476 e. The molecular weight excluding hydrogens is 206 g/mol. The zero-order valence-electron chi connectivity index (χ0n) is 9.68. The normalized spacial score (nSPS) is 16.9. The zero-order chi connectivity index (χ0) is 11.0. The molecule has 1 aromatic rings. The minimum atomic E-state index is 0.516. The van der Waals surface area contributed by atoms with E-state index in [9.17, 15) is 0 Å². The molecule has 1 aliphatic heterocycles. The largest absolute Gasteiger partial charge is 0.302 e. The quantitative estimate of drug-likeness (QED) is 0.705. The molecule has 0 radical (unpaired) electrons. The third-order valence-corrected chi connectivity index (χ3v) is 3.62. The second kappa shape index (κ2) is 4.15. The third-order valence-electron chi connectivity index (χ3n) is 3.18. The van der Waals surface area contributed by atoms with Gasteiger partial charge in [-0.25, -0.2) is 0 Å². The van der Waals surface area contributed by atoms with Crippen molar-refractivity contribution in [3.05, 3.63) is 33.8 Å². The van der Waals surface area contributed by atoms with Crippen molar-refractivity contribution in [3.8, 4) is 0 Å². The van der Waals surface area contributed by atoms with Gasteiger partial charge in [-0.05, 0) is 36.1 Å². The SMILES string of the molecule is CC(C)c1ccc2c(c1Cl)CCN(C)C2. The number of hydrogen-bond donors (Lipinski definition) is 0. The lowest BCUT2D eigenvalue weighted by Crippen LogP contribution is -2.26. The van der Waals surface area contributed by atoms with Crippen LogP contribution in [0, 0.1) is 0 Å². The minimum absolute atomic E-state index is 0.516. The Morgan fingerprint density at radius 3 is 2.73 bits per heavy atom. The summed E-state index contributed by atoms with van der Waals surface area (Å²) < 4.78 is 0. The number of nitrogens with zero attached hydrogens (tertiary/aromatic N) is 1. The molecule has 2 heteroatoms. The molecule has 2 rings (SSSR count). The highest BCUT2D eigenvalue weighted by atomic mass is 35.5. The van der Waals surface area contributed by atoms with Gasteiger partial charge in [-0.15, -0.1) is 0 Å². The lowest BCUT2D eigenvalue weighted by molar-refractivity contribution is 0.313. The molecule has 0 unspecified atom stereocenters. The predicted molar refractivity (Wildman–Crippen MR) is 65.6 cm³/mol. The second-order valence-electron chi connectivity index (χ2n) is 4.75. The van der Waals surface area contributed by atoms with Crippen LogP contribution in [0.2, 0.25) is 5.02 Å². The van der Waals surface area contributed by atoms with Gasteiger partial charge in [0.25, 0.3) is 0 Å². The van der Waals surface area contributed by atoms with Gasteiger partial charge in [0.1, 0.15) is 0 Å². The van der Waals surface area contributed by atoms with Gasteiger partial charge < -0.3 is 4.90 Å². The van der Waals surface area contributed by atoms with Crippen molar-refractivity contribution in [1.82, 2.24) is 4.90 Å². The lowest BCUT2D eigenvalue weighted by Gasteiger charge is -2.27. The average Bonchev–Trinajstić information content (AvgIpc) is 2.17. The number of hydrogen-bond acceptors (Lipinski definition) is 1. The van der Waals surface area contributed by atoms with Gasteiger partial charge in [-0.2, -0.15) is 0 Å². The van der Waals surface area contributed by atoms with Gasteiger partial charge in [0.15, 0.2) is 0 Å². The summed E-state index contributed by atoms with van der Waals surface area (Å²) in [6.07, 6.45) is 1.09. The third kappa shape index (κ3) is 2.04. The van der Waals surface area contributed by atoms with Crippen LogP contribution in [0.1, 0.15) is 36.5 Å². The van der Waals surface area contributed by atoms with E-state index >= 15 is 0 Å². The summed E-state index contributed by atoms with van der Waals surface area (Å²) in [4.78, 5) is 2.34. The standard InChI is InChI=1S/C13H18ClN/c1-9(2)11-5-4-10-8-15(3)7-6-12(10)13(11)14/h4-5,9H,6-8H2,1-3H3. The summed E-state index contributed by atoms with van der Waals surface area (Å²) in [6, 6.07) is 4.43. The number of benzene rings is 1. The van der Waals surface area contributed by atoms with Gasteiger partial charge >= 0.3 is 0 Å². The lowest BCUT2D eigenvalue weighted by atomic mass is 9.93. The van der Waals surface area contributed by atoms with Crippen LogP contribution in [0.15, 0.2) is 12.1 Å². The van der Waals surface area contributed by atoms with Crippen LogP contribution in [0.4, 0.5) is 0 Å². The van der Waals surface area contributed by atoms with Crippen LogP contribution < -0.4 is 0 Å². The molecule has 1 heterocycles. The summed E-state index contributed by atoms with van der Waals surface area (Å²) in [5.74, 6) is 0.516. The summed E-state index contributed by atoms with van der Waals surface area (Å²) in [7, 11) is 2.16. The Hall–Kier alpha value is -0.530. The Kier molecular flexibility index (Phi) is 3.03. The average molecular weight is 224 g/mol. The summed E-state index contributed by atoms with van der Waals surface area (Å²) >= 11 is 6.45. The smallest absolute Gasteiger partial charge is 0.0476 e. The molecular formula is C13H18ClN. The first-order valence-electron chi connectivity index (χ1n) is 5.58. The molecule has 0 amide bonds. The molecule has 1 nitrogen and oxygen atoms in total. The zero-order valence-corrected chi connectivity index (χ0v) is 10.4.